The molecule has 2 amide bonds. The lowest BCUT2D eigenvalue weighted by molar-refractivity contribution is -0.162. The number of hydrogen-bond acceptors (Lipinski definition) is 5. The second-order valence-corrected chi connectivity index (χ2v) is 7.48. The first-order valence-electron chi connectivity index (χ1n) is 10.4. The highest BCUT2D eigenvalue weighted by molar-refractivity contribution is 5.92. The summed E-state index contributed by atoms with van der Waals surface area (Å²) in [6, 6.07) is 10.6. The van der Waals surface area contributed by atoms with E-state index in [9.17, 15) is 14.7 Å². The summed E-state index contributed by atoms with van der Waals surface area (Å²) in [4.78, 5) is 30.4. The Morgan fingerprint density at radius 3 is 2.47 bits per heavy atom. The lowest BCUT2D eigenvalue weighted by Gasteiger charge is -2.40. The Morgan fingerprint density at radius 1 is 1.20 bits per heavy atom. The minimum atomic E-state index is -0.496. The van der Waals surface area contributed by atoms with E-state index < -0.39 is 12.1 Å². The summed E-state index contributed by atoms with van der Waals surface area (Å²) < 4.78 is 5.79. The number of carbonyl (C=O) groups is 2. The smallest absolute Gasteiger partial charge is 0.249 e. The van der Waals surface area contributed by atoms with Crippen LogP contribution < -0.4 is 5.32 Å². The highest BCUT2D eigenvalue weighted by atomic mass is 16.5. The van der Waals surface area contributed by atoms with E-state index in [1.165, 1.54) is 0 Å². The van der Waals surface area contributed by atoms with Gasteiger partial charge in [-0.15, -0.1) is 0 Å². The van der Waals surface area contributed by atoms with Crippen molar-refractivity contribution in [3.05, 3.63) is 59.9 Å². The van der Waals surface area contributed by atoms with E-state index in [0.29, 0.717) is 6.54 Å². The van der Waals surface area contributed by atoms with Crippen LogP contribution in [0.25, 0.3) is 0 Å². The van der Waals surface area contributed by atoms with Gasteiger partial charge in [0, 0.05) is 30.5 Å². The maximum Gasteiger partial charge on any atom is 0.249 e. The number of amides is 2. The molecule has 0 saturated carbocycles. The van der Waals surface area contributed by atoms with Gasteiger partial charge >= 0.3 is 0 Å². The Hall–Kier alpha value is -2.77. The molecule has 2 atom stereocenters. The molecule has 1 fully saturated rings. The first-order valence-corrected chi connectivity index (χ1v) is 10.4. The maximum absolute atomic E-state index is 12.5. The molecule has 0 unspecified atom stereocenters. The summed E-state index contributed by atoms with van der Waals surface area (Å²) in [5.74, 6) is -0.141. The average molecular weight is 412 g/mol. The SMILES string of the molecule is CCC(CC)C(=O)Nc1ccc([C@H]2OCC(=O)N(Cc3ccncc3)[C@@H]2CO)cc1. The van der Waals surface area contributed by atoms with Crippen molar-refractivity contribution in [2.45, 2.75) is 45.4 Å². The number of aliphatic hydroxyl groups is 1. The number of nitrogens with one attached hydrogen (secondary N) is 1. The van der Waals surface area contributed by atoms with Crippen LogP contribution in [0.3, 0.4) is 0 Å². The van der Waals surface area contributed by atoms with E-state index in [1.807, 2.05) is 50.2 Å². The first kappa shape index (κ1) is 21.9. The molecule has 0 radical (unpaired) electrons. The van der Waals surface area contributed by atoms with Gasteiger partial charge < -0.3 is 20.1 Å². The molecule has 0 spiro atoms. The van der Waals surface area contributed by atoms with Crippen molar-refractivity contribution in [2.75, 3.05) is 18.5 Å². The predicted molar refractivity (Wildman–Crippen MR) is 113 cm³/mol. The Balaban J connectivity index is 1.74. The standard InChI is InChI=1S/C23H29N3O4/c1-3-17(4-2)23(29)25-19-7-5-18(6-8-19)22-20(14-27)26(21(28)15-30-22)13-16-9-11-24-12-10-16/h5-12,17,20,22,27H,3-4,13-15H2,1-2H3,(H,25,29)/t20-,22-/m1/s1. The molecule has 160 valence electrons. The minimum absolute atomic E-state index is 0.00196. The molecule has 1 aliphatic heterocycles. The fraction of sp³-hybridized carbons (Fsp3) is 0.435. The van der Waals surface area contributed by atoms with Crippen molar-refractivity contribution in [3.8, 4) is 0 Å². The summed E-state index contributed by atoms with van der Waals surface area (Å²) in [6.45, 7) is 4.14. The molecule has 7 nitrogen and oxygen atoms in total. The molecule has 1 aromatic heterocycles. The third kappa shape index (κ3) is 5.04. The number of hydrogen-bond donors (Lipinski definition) is 2. The Bertz CT molecular complexity index is 837. The molecule has 1 aromatic carbocycles. The minimum Gasteiger partial charge on any atom is -0.394 e. The largest absolute Gasteiger partial charge is 0.394 e. The van der Waals surface area contributed by atoms with Crippen molar-refractivity contribution in [1.82, 2.24) is 9.88 Å². The van der Waals surface area contributed by atoms with Crippen molar-refractivity contribution in [2.24, 2.45) is 5.92 Å². The fourth-order valence-electron chi connectivity index (χ4n) is 3.77. The van der Waals surface area contributed by atoms with Gasteiger partial charge in [0.2, 0.25) is 11.8 Å². The van der Waals surface area contributed by atoms with Crippen LogP contribution in [0.5, 0.6) is 0 Å². The number of anilines is 1. The number of carbonyl (C=O) groups excluding carboxylic acids is 2. The molecule has 0 aliphatic carbocycles. The number of benzene rings is 1. The number of ether oxygens (including phenoxy) is 1. The number of nitrogens with zero attached hydrogens (tertiary/aromatic N) is 2. The molecule has 1 aliphatic rings. The Morgan fingerprint density at radius 2 is 1.87 bits per heavy atom. The normalized spacial score (nSPS) is 19.2. The zero-order valence-electron chi connectivity index (χ0n) is 17.5. The van der Waals surface area contributed by atoms with E-state index in [2.05, 4.69) is 10.3 Å². The predicted octanol–water partition coefficient (Wildman–Crippen LogP) is 2.92. The summed E-state index contributed by atoms with van der Waals surface area (Å²) in [5.41, 5.74) is 2.51. The lowest BCUT2D eigenvalue weighted by Crippen LogP contribution is -2.52. The topological polar surface area (TPSA) is 91.8 Å². The van der Waals surface area contributed by atoms with Gasteiger partial charge in [-0.3, -0.25) is 14.6 Å². The zero-order chi connectivity index (χ0) is 21.5. The van der Waals surface area contributed by atoms with Crippen LogP contribution in [-0.2, 0) is 20.9 Å². The van der Waals surface area contributed by atoms with Gasteiger partial charge in [-0.25, -0.2) is 0 Å². The first-order chi connectivity index (χ1) is 14.6. The lowest BCUT2D eigenvalue weighted by atomic mass is 9.98. The average Bonchev–Trinajstić information content (AvgIpc) is 2.77. The van der Waals surface area contributed by atoms with E-state index in [1.54, 1.807) is 17.3 Å². The van der Waals surface area contributed by atoms with E-state index in [-0.39, 0.29) is 30.9 Å². The van der Waals surface area contributed by atoms with Crippen molar-refractivity contribution < 1.29 is 19.4 Å². The van der Waals surface area contributed by atoms with Gasteiger partial charge in [0.05, 0.1) is 12.6 Å². The fourth-order valence-corrected chi connectivity index (χ4v) is 3.77. The second-order valence-electron chi connectivity index (χ2n) is 7.48. The Labute approximate surface area is 177 Å². The highest BCUT2D eigenvalue weighted by Crippen LogP contribution is 2.31. The molecular formula is C23H29N3O4. The van der Waals surface area contributed by atoms with Crippen LogP contribution in [0.1, 0.15) is 43.9 Å². The quantitative estimate of drug-likeness (QED) is 0.697. The number of morpholine rings is 1. The number of aliphatic hydroxyl groups excluding tert-OH is 1. The van der Waals surface area contributed by atoms with Crippen molar-refractivity contribution in [3.63, 3.8) is 0 Å². The van der Waals surface area contributed by atoms with Gasteiger partial charge in [0.25, 0.3) is 0 Å². The summed E-state index contributed by atoms with van der Waals surface area (Å²) >= 11 is 0. The van der Waals surface area contributed by atoms with Crippen molar-refractivity contribution in [1.29, 1.82) is 0 Å². The highest BCUT2D eigenvalue weighted by Gasteiger charge is 2.37. The molecule has 3 rings (SSSR count). The molecule has 7 heteroatoms. The van der Waals surface area contributed by atoms with Gasteiger partial charge in [0.15, 0.2) is 0 Å². The molecule has 2 N–H and O–H groups in total. The third-order valence-corrected chi connectivity index (χ3v) is 5.61. The van der Waals surface area contributed by atoms with Crippen LogP contribution in [0.2, 0.25) is 0 Å². The summed E-state index contributed by atoms with van der Waals surface area (Å²) in [5, 5.41) is 13.0. The Kier molecular flexibility index (Phi) is 7.54. The molecule has 0 bridgehead atoms. The van der Waals surface area contributed by atoms with Gasteiger partial charge in [-0.1, -0.05) is 26.0 Å². The van der Waals surface area contributed by atoms with Gasteiger partial charge in [-0.2, -0.15) is 0 Å². The van der Waals surface area contributed by atoms with Crippen molar-refractivity contribution >= 4 is 17.5 Å². The van der Waals surface area contributed by atoms with E-state index in [4.69, 9.17) is 4.74 Å². The van der Waals surface area contributed by atoms with E-state index in [0.717, 1.165) is 29.7 Å². The van der Waals surface area contributed by atoms with Gasteiger partial charge in [-0.05, 0) is 48.2 Å². The van der Waals surface area contributed by atoms with Crippen LogP contribution in [-0.4, -0.2) is 46.1 Å². The molecule has 2 heterocycles. The summed E-state index contributed by atoms with van der Waals surface area (Å²) in [7, 11) is 0. The maximum atomic E-state index is 12.5. The third-order valence-electron chi connectivity index (χ3n) is 5.61. The molecule has 1 saturated heterocycles. The number of rotatable bonds is 8. The van der Waals surface area contributed by atoms with Gasteiger partial charge in [0.1, 0.15) is 12.7 Å². The van der Waals surface area contributed by atoms with Crippen LogP contribution in [0.4, 0.5) is 5.69 Å². The number of aromatic nitrogens is 1. The second kappa shape index (κ2) is 10.3. The van der Waals surface area contributed by atoms with Crippen LogP contribution >= 0.6 is 0 Å². The molecular weight excluding hydrogens is 382 g/mol. The van der Waals surface area contributed by atoms with Crippen LogP contribution in [0, 0.1) is 5.92 Å². The van der Waals surface area contributed by atoms with Crippen LogP contribution in [0.15, 0.2) is 48.8 Å². The monoisotopic (exact) mass is 411 g/mol. The summed E-state index contributed by atoms with van der Waals surface area (Å²) in [6.07, 6.45) is 4.52. The molecule has 30 heavy (non-hydrogen) atoms. The zero-order valence-corrected chi connectivity index (χ0v) is 17.5. The molecule has 2 aromatic rings. The number of pyridine rings is 1. The van der Waals surface area contributed by atoms with E-state index >= 15 is 0 Å².